The SMILES string of the molecule is CC(C)CCCOC(=O)c1ccccc1C(=O)OC(C)CC(C)C. The molecule has 1 unspecified atom stereocenters. The van der Waals surface area contributed by atoms with Gasteiger partial charge in [-0.25, -0.2) is 9.59 Å². The molecule has 0 radical (unpaired) electrons. The molecule has 0 bridgehead atoms. The molecule has 1 rings (SSSR count). The van der Waals surface area contributed by atoms with E-state index in [-0.39, 0.29) is 17.2 Å². The van der Waals surface area contributed by atoms with Gasteiger partial charge in [0.15, 0.2) is 0 Å². The van der Waals surface area contributed by atoms with Crippen molar-refractivity contribution in [3.8, 4) is 0 Å². The van der Waals surface area contributed by atoms with Crippen LogP contribution in [0.25, 0.3) is 0 Å². The highest BCUT2D eigenvalue weighted by Crippen LogP contribution is 2.16. The van der Waals surface area contributed by atoms with Crippen LogP contribution in [0.4, 0.5) is 0 Å². The maximum Gasteiger partial charge on any atom is 0.339 e. The predicted octanol–water partition coefficient (Wildman–Crippen LogP) is 4.87. The Labute approximate surface area is 145 Å². The largest absolute Gasteiger partial charge is 0.462 e. The van der Waals surface area contributed by atoms with E-state index in [0.29, 0.717) is 18.4 Å². The summed E-state index contributed by atoms with van der Waals surface area (Å²) >= 11 is 0. The zero-order valence-electron chi connectivity index (χ0n) is 15.5. The minimum atomic E-state index is -0.474. The van der Waals surface area contributed by atoms with Gasteiger partial charge in [0, 0.05) is 0 Å². The maximum absolute atomic E-state index is 12.4. The molecular formula is C20H30O4. The molecule has 1 aromatic carbocycles. The van der Waals surface area contributed by atoms with E-state index in [1.165, 1.54) is 0 Å². The van der Waals surface area contributed by atoms with Crippen LogP contribution in [0.1, 0.15) is 74.6 Å². The monoisotopic (exact) mass is 334 g/mol. The summed E-state index contributed by atoms with van der Waals surface area (Å²) in [6, 6.07) is 6.65. The molecule has 0 amide bonds. The van der Waals surface area contributed by atoms with Crippen LogP contribution in [0.5, 0.6) is 0 Å². The lowest BCUT2D eigenvalue weighted by molar-refractivity contribution is 0.0288. The highest BCUT2D eigenvalue weighted by Gasteiger charge is 2.21. The standard InChI is InChI=1S/C20H30O4/c1-14(2)9-8-12-23-19(21)17-10-6-7-11-18(17)20(22)24-16(5)13-15(3)4/h6-7,10-11,14-16H,8-9,12-13H2,1-5H3. The van der Waals surface area contributed by atoms with E-state index in [9.17, 15) is 9.59 Å². The summed E-state index contributed by atoms with van der Waals surface area (Å²) < 4.78 is 10.7. The lowest BCUT2D eigenvalue weighted by Gasteiger charge is -2.16. The quantitative estimate of drug-likeness (QED) is 0.477. The summed E-state index contributed by atoms with van der Waals surface area (Å²) in [6.07, 6.45) is 2.42. The van der Waals surface area contributed by atoms with Crippen LogP contribution in [0.2, 0.25) is 0 Å². The topological polar surface area (TPSA) is 52.6 Å². The molecule has 134 valence electrons. The van der Waals surface area contributed by atoms with E-state index in [1.807, 2.05) is 6.92 Å². The Morgan fingerprint density at radius 2 is 1.50 bits per heavy atom. The number of hydrogen-bond donors (Lipinski definition) is 0. The van der Waals surface area contributed by atoms with Crippen molar-refractivity contribution in [1.29, 1.82) is 0 Å². The fourth-order valence-corrected chi connectivity index (χ4v) is 2.53. The van der Waals surface area contributed by atoms with Crippen LogP contribution in [0.15, 0.2) is 24.3 Å². The van der Waals surface area contributed by atoms with Crippen LogP contribution in [0.3, 0.4) is 0 Å². The molecule has 0 heterocycles. The fourth-order valence-electron chi connectivity index (χ4n) is 2.53. The Morgan fingerprint density at radius 1 is 0.917 bits per heavy atom. The Hall–Kier alpha value is -1.84. The number of benzene rings is 1. The fraction of sp³-hybridized carbons (Fsp3) is 0.600. The molecule has 4 nitrogen and oxygen atoms in total. The summed E-state index contributed by atoms with van der Waals surface area (Å²) in [5.41, 5.74) is 0.533. The van der Waals surface area contributed by atoms with Gasteiger partial charge in [0.2, 0.25) is 0 Å². The van der Waals surface area contributed by atoms with Gasteiger partial charge in [-0.15, -0.1) is 0 Å². The van der Waals surface area contributed by atoms with E-state index in [0.717, 1.165) is 19.3 Å². The van der Waals surface area contributed by atoms with E-state index in [2.05, 4.69) is 27.7 Å². The summed E-state index contributed by atoms with van der Waals surface area (Å²) in [5, 5.41) is 0. The molecule has 0 aromatic heterocycles. The predicted molar refractivity (Wildman–Crippen MR) is 95.1 cm³/mol. The second-order valence-electron chi connectivity index (χ2n) is 7.06. The molecule has 1 atom stereocenters. The molecule has 4 heteroatoms. The summed E-state index contributed by atoms with van der Waals surface area (Å²) in [7, 11) is 0. The first-order valence-electron chi connectivity index (χ1n) is 8.78. The minimum absolute atomic E-state index is 0.187. The van der Waals surface area contributed by atoms with Gasteiger partial charge in [-0.3, -0.25) is 0 Å². The highest BCUT2D eigenvalue weighted by molar-refractivity contribution is 6.03. The molecule has 0 aliphatic heterocycles. The zero-order chi connectivity index (χ0) is 18.1. The lowest BCUT2D eigenvalue weighted by Crippen LogP contribution is -2.20. The molecular weight excluding hydrogens is 304 g/mol. The summed E-state index contributed by atoms with van der Waals surface area (Å²) in [5.74, 6) is 0.0723. The Balaban J connectivity index is 2.69. The smallest absolute Gasteiger partial charge is 0.339 e. The maximum atomic E-state index is 12.4. The van der Waals surface area contributed by atoms with Crippen LogP contribution in [0, 0.1) is 11.8 Å². The van der Waals surface area contributed by atoms with Crippen molar-refractivity contribution < 1.29 is 19.1 Å². The average molecular weight is 334 g/mol. The average Bonchev–Trinajstić information content (AvgIpc) is 2.50. The summed E-state index contributed by atoms with van der Waals surface area (Å²) in [4.78, 5) is 24.6. The zero-order valence-corrected chi connectivity index (χ0v) is 15.5. The van der Waals surface area contributed by atoms with Gasteiger partial charge in [-0.1, -0.05) is 39.8 Å². The molecule has 0 spiro atoms. The van der Waals surface area contributed by atoms with E-state index in [4.69, 9.17) is 9.47 Å². The van der Waals surface area contributed by atoms with Gasteiger partial charge >= 0.3 is 11.9 Å². The third kappa shape index (κ3) is 7.16. The van der Waals surface area contributed by atoms with Gasteiger partial charge in [0.05, 0.1) is 23.8 Å². The number of carbonyl (C=O) groups excluding carboxylic acids is 2. The molecule has 0 saturated heterocycles. The van der Waals surface area contributed by atoms with E-state index >= 15 is 0 Å². The van der Waals surface area contributed by atoms with E-state index in [1.54, 1.807) is 24.3 Å². The van der Waals surface area contributed by atoms with Crippen LogP contribution < -0.4 is 0 Å². The highest BCUT2D eigenvalue weighted by atomic mass is 16.5. The number of hydrogen-bond acceptors (Lipinski definition) is 4. The van der Waals surface area contributed by atoms with Crippen LogP contribution in [-0.4, -0.2) is 24.6 Å². The van der Waals surface area contributed by atoms with Crippen molar-refractivity contribution in [2.24, 2.45) is 11.8 Å². The Bertz CT molecular complexity index is 534. The Kier molecular flexibility index (Phi) is 8.51. The molecule has 0 fully saturated rings. The molecule has 0 saturated carbocycles. The van der Waals surface area contributed by atoms with Crippen LogP contribution in [-0.2, 0) is 9.47 Å². The second-order valence-corrected chi connectivity index (χ2v) is 7.06. The minimum Gasteiger partial charge on any atom is -0.462 e. The van der Waals surface area contributed by atoms with Gasteiger partial charge in [-0.2, -0.15) is 0 Å². The van der Waals surface area contributed by atoms with Gasteiger partial charge in [0.1, 0.15) is 0 Å². The van der Waals surface area contributed by atoms with Crippen molar-refractivity contribution in [2.75, 3.05) is 6.61 Å². The Morgan fingerprint density at radius 3 is 2.04 bits per heavy atom. The van der Waals surface area contributed by atoms with Crippen molar-refractivity contribution in [1.82, 2.24) is 0 Å². The number of rotatable bonds is 9. The molecule has 0 aliphatic carbocycles. The van der Waals surface area contributed by atoms with Crippen LogP contribution >= 0.6 is 0 Å². The second kappa shape index (κ2) is 10.1. The third-order valence-electron chi connectivity index (χ3n) is 3.64. The molecule has 24 heavy (non-hydrogen) atoms. The third-order valence-corrected chi connectivity index (χ3v) is 3.64. The molecule has 1 aromatic rings. The normalized spacial score (nSPS) is 12.3. The number of ether oxygens (including phenoxy) is 2. The van der Waals surface area contributed by atoms with Gasteiger partial charge < -0.3 is 9.47 Å². The van der Waals surface area contributed by atoms with Gasteiger partial charge in [-0.05, 0) is 50.2 Å². The van der Waals surface area contributed by atoms with Gasteiger partial charge in [0.25, 0.3) is 0 Å². The van der Waals surface area contributed by atoms with Crippen molar-refractivity contribution in [3.05, 3.63) is 35.4 Å². The number of carbonyl (C=O) groups is 2. The molecule has 0 N–H and O–H groups in total. The van der Waals surface area contributed by atoms with Crippen molar-refractivity contribution >= 4 is 11.9 Å². The first-order valence-corrected chi connectivity index (χ1v) is 8.78. The molecule has 0 aliphatic rings. The number of esters is 2. The van der Waals surface area contributed by atoms with Crippen molar-refractivity contribution in [2.45, 2.75) is 60.0 Å². The van der Waals surface area contributed by atoms with E-state index < -0.39 is 11.9 Å². The van der Waals surface area contributed by atoms with Crippen molar-refractivity contribution in [3.63, 3.8) is 0 Å². The summed E-state index contributed by atoms with van der Waals surface area (Å²) in [6.45, 7) is 10.6. The lowest BCUT2D eigenvalue weighted by atomic mass is 10.1. The first kappa shape index (κ1) is 20.2. The first-order chi connectivity index (χ1) is 11.3.